The molecule has 0 fully saturated rings. The van der Waals surface area contributed by atoms with Crippen LogP contribution >= 0.6 is 0 Å². The third-order valence-electron chi connectivity index (χ3n) is 3.05. The predicted octanol–water partition coefficient (Wildman–Crippen LogP) is 0.158. The van der Waals surface area contributed by atoms with Crippen LogP contribution in [0.3, 0.4) is 0 Å². The summed E-state index contributed by atoms with van der Waals surface area (Å²) in [6.45, 7) is 4.96. The molecule has 0 saturated heterocycles. The number of quaternary nitrogens is 1. The second-order valence-electron chi connectivity index (χ2n) is 4.92. The van der Waals surface area contributed by atoms with Gasteiger partial charge in [0.2, 0.25) is 17.3 Å². The van der Waals surface area contributed by atoms with Crippen LogP contribution in [0.1, 0.15) is 27.7 Å². The normalized spacial score (nSPS) is 12.1. The van der Waals surface area contributed by atoms with Gasteiger partial charge in [-0.2, -0.15) is 0 Å². The Hall–Kier alpha value is -1.36. The van der Waals surface area contributed by atoms with Crippen molar-refractivity contribution >= 4 is 23.1 Å². The van der Waals surface area contributed by atoms with E-state index in [1.54, 1.807) is 14.1 Å². The maximum absolute atomic E-state index is 11.8. The van der Waals surface area contributed by atoms with E-state index in [1.165, 1.54) is 27.7 Å². The lowest BCUT2D eigenvalue weighted by atomic mass is 9.82. The predicted molar refractivity (Wildman–Crippen MR) is 62.4 cm³/mol. The minimum Gasteiger partial charge on any atom is -0.299 e. The minimum atomic E-state index is -1.77. The van der Waals surface area contributed by atoms with Crippen LogP contribution in [-0.2, 0) is 19.2 Å². The number of carbonyl (C=O) groups excluding carboxylic acids is 4. The molecular formula is C12H20NO4+. The smallest absolute Gasteiger partial charge is 0.274 e. The molecule has 5 nitrogen and oxygen atoms in total. The zero-order valence-corrected chi connectivity index (χ0v) is 11.3. The number of likely N-dealkylation sites (N-methyl/N-ethyl adjacent to an activating group) is 1. The van der Waals surface area contributed by atoms with Crippen molar-refractivity contribution in [2.75, 3.05) is 20.6 Å². The van der Waals surface area contributed by atoms with Crippen molar-refractivity contribution in [3.63, 3.8) is 0 Å². The Morgan fingerprint density at radius 1 is 0.824 bits per heavy atom. The van der Waals surface area contributed by atoms with E-state index < -0.39 is 22.9 Å². The maximum Gasteiger partial charge on any atom is 0.274 e. The average Bonchev–Trinajstić information content (AvgIpc) is 1.96. The first-order valence-electron chi connectivity index (χ1n) is 5.35. The Balaban J connectivity index is 5.93. The van der Waals surface area contributed by atoms with Gasteiger partial charge >= 0.3 is 0 Å². The molecule has 0 aromatic heterocycles. The van der Waals surface area contributed by atoms with E-state index in [0.29, 0.717) is 0 Å². The molecule has 0 aromatic rings. The lowest BCUT2D eigenvalue weighted by Gasteiger charge is -2.42. The number of nitrogens with zero attached hydrogens (tertiary/aromatic N) is 1. The molecule has 0 amide bonds. The standard InChI is InChI=1S/C12H20NO4/c1-8(14)7-13(5,6)12(9(2)15,10(3)16)11(4)17/h7H2,1-6H3/q+1. The van der Waals surface area contributed by atoms with Gasteiger partial charge in [-0.25, -0.2) is 0 Å². The molecule has 0 spiro atoms. The van der Waals surface area contributed by atoms with Crippen LogP contribution in [-0.4, -0.2) is 53.8 Å². The highest BCUT2D eigenvalue weighted by Crippen LogP contribution is 2.25. The van der Waals surface area contributed by atoms with Crippen molar-refractivity contribution in [2.24, 2.45) is 0 Å². The van der Waals surface area contributed by atoms with E-state index in [-0.39, 0.29) is 16.8 Å². The summed E-state index contributed by atoms with van der Waals surface area (Å²) in [4.78, 5) is 46.6. The van der Waals surface area contributed by atoms with Gasteiger partial charge in [0.1, 0.15) is 6.54 Å². The van der Waals surface area contributed by atoms with E-state index in [1.807, 2.05) is 0 Å². The van der Waals surface area contributed by atoms with Crippen LogP contribution in [0.15, 0.2) is 0 Å². The topological polar surface area (TPSA) is 68.3 Å². The minimum absolute atomic E-state index is 0.0429. The van der Waals surface area contributed by atoms with Crippen LogP contribution in [0.25, 0.3) is 0 Å². The van der Waals surface area contributed by atoms with Crippen LogP contribution in [0.5, 0.6) is 0 Å². The molecule has 0 bridgehead atoms. The first-order valence-corrected chi connectivity index (χ1v) is 5.35. The van der Waals surface area contributed by atoms with Crippen LogP contribution in [0.2, 0.25) is 0 Å². The first-order chi connectivity index (χ1) is 7.50. The molecule has 0 radical (unpaired) electrons. The fraction of sp³-hybridized carbons (Fsp3) is 0.667. The number of hydrogen-bond acceptors (Lipinski definition) is 4. The van der Waals surface area contributed by atoms with Gasteiger partial charge in [0.25, 0.3) is 5.54 Å². The molecule has 0 aliphatic rings. The average molecular weight is 242 g/mol. The third-order valence-corrected chi connectivity index (χ3v) is 3.05. The number of rotatable bonds is 6. The van der Waals surface area contributed by atoms with Crippen molar-refractivity contribution in [3.8, 4) is 0 Å². The fourth-order valence-electron chi connectivity index (χ4n) is 2.70. The van der Waals surface area contributed by atoms with Crippen molar-refractivity contribution in [2.45, 2.75) is 33.2 Å². The molecule has 5 heteroatoms. The summed E-state index contributed by atoms with van der Waals surface area (Å²) in [6, 6.07) is 0. The SMILES string of the molecule is CC(=O)C[N+](C)(C)C(C(C)=O)(C(C)=O)C(C)=O. The Kier molecular flexibility index (Phi) is 4.48. The van der Waals surface area contributed by atoms with Crippen LogP contribution < -0.4 is 0 Å². The van der Waals surface area contributed by atoms with Crippen molar-refractivity contribution < 1.29 is 23.7 Å². The molecule has 0 heterocycles. The Labute approximate surface area is 101 Å². The third kappa shape index (κ3) is 2.49. The number of ketones is 4. The van der Waals surface area contributed by atoms with Crippen molar-refractivity contribution in [3.05, 3.63) is 0 Å². The lowest BCUT2D eigenvalue weighted by Crippen LogP contribution is -2.72. The molecule has 0 rings (SSSR count). The molecule has 0 atom stereocenters. The quantitative estimate of drug-likeness (QED) is 0.491. The summed E-state index contributed by atoms with van der Waals surface area (Å²) in [7, 11) is 3.09. The molecule has 0 aromatic carbocycles. The molecule has 0 unspecified atom stereocenters. The lowest BCUT2D eigenvalue weighted by molar-refractivity contribution is -0.903. The van der Waals surface area contributed by atoms with Gasteiger partial charge in [-0.1, -0.05) is 0 Å². The maximum atomic E-state index is 11.8. The van der Waals surface area contributed by atoms with Gasteiger partial charge in [-0.05, 0) is 0 Å². The van der Waals surface area contributed by atoms with Gasteiger partial charge in [-0.15, -0.1) is 0 Å². The molecule has 0 saturated carbocycles. The van der Waals surface area contributed by atoms with Crippen LogP contribution in [0, 0.1) is 0 Å². The highest BCUT2D eigenvalue weighted by molar-refractivity contribution is 6.26. The Morgan fingerprint density at radius 2 is 1.12 bits per heavy atom. The highest BCUT2D eigenvalue weighted by Gasteiger charge is 2.58. The van der Waals surface area contributed by atoms with E-state index in [9.17, 15) is 19.2 Å². The van der Waals surface area contributed by atoms with Gasteiger partial charge in [0, 0.05) is 27.7 Å². The largest absolute Gasteiger partial charge is 0.299 e. The molecule has 0 N–H and O–H groups in total. The zero-order valence-electron chi connectivity index (χ0n) is 11.3. The van der Waals surface area contributed by atoms with Gasteiger partial charge in [0.05, 0.1) is 14.1 Å². The van der Waals surface area contributed by atoms with Crippen LogP contribution in [0.4, 0.5) is 0 Å². The van der Waals surface area contributed by atoms with Crippen molar-refractivity contribution in [1.29, 1.82) is 0 Å². The Bertz CT molecular complexity index is 346. The fourth-order valence-corrected chi connectivity index (χ4v) is 2.70. The molecular weight excluding hydrogens is 222 g/mol. The van der Waals surface area contributed by atoms with E-state index in [4.69, 9.17) is 0 Å². The van der Waals surface area contributed by atoms with Gasteiger partial charge < -0.3 is 0 Å². The van der Waals surface area contributed by atoms with E-state index in [2.05, 4.69) is 0 Å². The van der Waals surface area contributed by atoms with E-state index >= 15 is 0 Å². The second kappa shape index (κ2) is 4.87. The number of Topliss-reactive ketones (excluding diaryl/α,β-unsaturated/α-hetero) is 4. The number of hydrogen-bond donors (Lipinski definition) is 0. The van der Waals surface area contributed by atoms with E-state index in [0.717, 1.165) is 0 Å². The summed E-state index contributed by atoms with van der Waals surface area (Å²) < 4.78 is -0.262. The molecule has 17 heavy (non-hydrogen) atoms. The molecule has 0 aliphatic heterocycles. The molecule has 0 aliphatic carbocycles. The van der Waals surface area contributed by atoms with Gasteiger partial charge in [-0.3, -0.25) is 23.7 Å². The summed E-state index contributed by atoms with van der Waals surface area (Å²) in [5.74, 6) is -1.75. The summed E-state index contributed by atoms with van der Waals surface area (Å²) in [6.07, 6.45) is 0. The monoisotopic (exact) mass is 242 g/mol. The second-order valence-corrected chi connectivity index (χ2v) is 4.92. The van der Waals surface area contributed by atoms with Gasteiger partial charge in [0.15, 0.2) is 5.78 Å². The number of carbonyl (C=O) groups is 4. The summed E-state index contributed by atoms with van der Waals surface area (Å²) >= 11 is 0. The first kappa shape index (κ1) is 15.6. The Morgan fingerprint density at radius 3 is 1.29 bits per heavy atom. The highest BCUT2D eigenvalue weighted by atomic mass is 16.2. The molecule has 96 valence electrons. The van der Waals surface area contributed by atoms with Crippen molar-refractivity contribution in [1.82, 2.24) is 0 Å². The zero-order chi connectivity index (χ0) is 14.0. The summed E-state index contributed by atoms with van der Waals surface area (Å²) in [5, 5.41) is 0. The summed E-state index contributed by atoms with van der Waals surface area (Å²) in [5.41, 5.74) is -1.77.